The van der Waals surface area contributed by atoms with Gasteiger partial charge in [-0.15, -0.1) is 12.4 Å². The zero-order valence-electron chi connectivity index (χ0n) is 6.79. The highest BCUT2D eigenvalue weighted by atomic mass is 35.5. The maximum atomic E-state index is 12.4. The SMILES string of the molecule is Cl.NCC(=O)Nc1ccc(F)cc1. The van der Waals surface area contributed by atoms with Crippen molar-refractivity contribution in [3.05, 3.63) is 30.1 Å². The van der Waals surface area contributed by atoms with Gasteiger partial charge in [-0.2, -0.15) is 0 Å². The number of carbonyl (C=O) groups is 1. The van der Waals surface area contributed by atoms with Gasteiger partial charge in [0.2, 0.25) is 5.91 Å². The van der Waals surface area contributed by atoms with Crippen molar-refractivity contribution >= 4 is 24.0 Å². The van der Waals surface area contributed by atoms with E-state index in [1.165, 1.54) is 24.3 Å². The van der Waals surface area contributed by atoms with E-state index in [0.717, 1.165) is 0 Å². The third-order valence-electron chi connectivity index (χ3n) is 1.31. The Hall–Kier alpha value is -1.13. The second kappa shape index (κ2) is 5.50. The molecule has 0 aromatic heterocycles. The number of hydrogen-bond acceptors (Lipinski definition) is 2. The van der Waals surface area contributed by atoms with Gasteiger partial charge in [0.1, 0.15) is 5.82 Å². The molecule has 1 amide bonds. The summed E-state index contributed by atoms with van der Waals surface area (Å²) in [6.07, 6.45) is 0. The van der Waals surface area contributed by atoms with Gasteiger partial charge >= 0.3 is 0 Å². The van der Waals surface area contributed by atoms with Crippen molar-refractivity contribution in [1.29, 1.82) is 0 Å². The molecule has 0 saturated carbocycles. The van der Waals surface area contributed by atoms with Crippen molar-refractivity contribution in [1.82, 2.24) is 0 Å². The van der Waals surface area contributed by atoms with Gasteiger partial charge in [-0.3, -0.25) is 4.79 Å². The van der Waals surface area contributed by atoms with Crippen LogP contribution in [0.1, 0.15) is 0 Å². The molecule has 5 heteroatoms. The van der Waals surface area contributed by atoms with E-state index in [-0.39, 0.29) is 30.7 Å². The Labute approximate surface area is 81.5 Å². The third-order valence-corrected chi connectivity index (χ3v) is 1.31. The molecule has 0 bridgehead atoms. The normalized spacial score (nSPS) is 8.77. The molecule has 3 N–H and O–H groups in total. The number of rotatable bonds is 2. The van der Waals surface area contributed by atoms with Crippen LogP contribution in [0.2, 0.25) is 0 Å². The molecular formula is C8H10ClFN2O. The van der Waals surface area contributed by atoms with E-state index in [1.54, 1.807) is 0 Å². The van der Waals surface area contributed by atoms with Crippen molar-refractivity contribution < 1.29 is 9.18 Å². The highest BCUT2D eigenvalue weighted by Crippen LogP contribution is 2.07. The number of amides is 1. The average Bonchev–Trinajstić information content (AvgIpc) is 2.09. The van der Waals surface area contributed by atoms with Crippen LogP contribution in [0.5, 0.6) is 0 Å². The van der Waals surface area contributed by atoms with E-state index < -0.39 is 0 Å². The Bertz CT molecular complexity index is 276. The molecule has 0 saturated heterocycles. The van der Waals surface area contributed by atoms with Crippen LogP contribution in [-0.2, 0) is 4.79 Å². The third kappa shape index (κ3) is 3.87. The molecule has 0 unspecified atom stereocenters. The van der Waals surface area contributed by atoms with Gasteiger partial charge in [0.05, 0.1) is 6.54 Å². The Kier molecular flexibility index (Phi) is 5.03. The van der Waals surface area contributed by atoms with Gasteiger partial charge in [-0.25, -0.2) is 4.39 Å². The number of carbonyl (C=O) groups excluding carboxylic acids is 1. The highest BCUT2D eigenvalue weighted by Gasteiger charge is 1.97. The Morgan fingerprint density at radius 2 is 1.92 bits per heavy atom. The summed E-state index contributed by atoms with van der Waals surface area (Å²) in [5.41, 5.74) is 5.61. The lowest BCUT2D eigenvalue weighted by Crippen LogP contribution is -2.21. The van der Waals surface area contributed by atoms with Crippen LogP contribution in [0, 0.1) is 5.82 Å². The lowest BCUT2D eigenvalue weighted by Gasteiger charge is -2.01. The first kappa shape index (κ1) is 11.9. The maximum absolute atomic E-state index is 12.4. The maximum Gasteiger partial charge on any atom is 0.238 e. The number of nitrogens with two attached hydrogens (primary N) is 1. The van der Waals surface area contributed by atoms with E-state index in [9.17, 15) is 9.18 Å². The van der Waals surface area contributed by atoms with Crippen molar-refractivity contribution in [3.8, 4) is 0 Å². The number of benzene rings is 1. The van der Waals surface area contributed by atoms with Crippen LogP contribution < -0.4 is 11.1 Å². The summed E-state index contributed by atoms with van der Waals surface area (Å²) in [5.74, 6) is -0.623. The molecule has 1 rings (SSSR count). The van der Waals surface area contributed by atoms with Crippen molar-refractivity contribution in [2.45, 2.75) is 0 Å². The van der Waals surface area contributed by atoms with Crippen molar-refractivity contribution in [2.75, 3.05) is 11.9 Å². The van der Waals surface area contributed by atoms with E-state index in [1.807, 2.05) is 0 Å². The first-order chi connectivity index (χ1) is 5.72. The summed E-state index contributed by atoms with van der Waals surface area (Å²) in [7, 11) is 0. The minimum absolute atomic E-state index is 0. The minimum Gasteiger partial charge on any atom is -0.325 e. The van der Waals surface area contributed by atoms with Gasteiger partial charge in [0.15, 0.2) is 0 Å². The van der Waals surface area contributed by atoms with E-state index in [0.29, 0.717) is 5.69 Å². The van der Waals surface area contributed by atoms with Crippen LogP contribution in [0.3, 0.4) is 0 Å². The molecule has 1 aromatic carbocycles. The summed E-state index contributed by atoms with van der Waals surface area (Å²) in [6, 6.07) is 5.49. The Morgan fingerprint density at radius 3 is 2.38 bits per heavy atom. The number of halogens is 2. The Morgan fingerprint density at radius 1 is 1.38 bits per heavy atom. The molecule has 0 atom stereocenters. The first-order valence-electron chi connectivity index (χ1n) is 3.48. The minimum atomic E-state index is -0.333. The molecule has 0 radical (unpaired) electrons. The zero-order chi connectivity index (χ0) is 8.97. The fourth-order valence-electron chi connectivity index (χ4n) is 0.745. The summed E-state index contributed by atoms with van der Waals surface area (Å²) in [4.78, 5) is 10.7. The average molecular weight is 205 g/mol. The Balaban J connectivity index is 0.00000144. The molecule has 0 aliphatic heterocycles. The van der Waals surface area contributed by atoms with E-state index >= 15 is 0 Å². The lowest BCUT2D eigenvalue weighted by atomic mass is 10.3. The summed E-state index contributed by atoms with van der Waals surface area (Å²) in [5, 5.41) is 2.49. The summed E-state index contributed by atoms with van der Waals surface area (Å²) in [6.45, 7) is -0.0720. The quantitative estimate of drug-likeness (QED) is 0.759. The molecule has 13 heavy (non-hydrogen) atoms. The van der Waals surface area contributed by atoms with Crippen molar-refractivity contribution in [2.24, 2.45) is 5.73 Å². The standard InChI is InChI=1S/C8H9FN2O.ClH/c9-6-1-3-7(4-2-6)11-8(12)5-10;/h1-4H,5,10H2,(H,11,12);1H. The van der Waals surface area contributed by atoms with E-state index in [4.69, 9.17) is 5.73 Å². The molecule has 1 aromatic rings. The molecule has 0 fully saturated rings. The first-order valence-corrected chi connectivity index (χ1v) is 3.48. The van der Waals surface area contributed by atoms with Crippen LogP contribution in [0.15, 0.2) is 24.3 Å². The zero-order valence-corrected chi connectivity index (χ0v) is 7.60. The van der Waals surface area contributed by atoms with Gasteiger partial charge in [-0.05, 0) is 24.3 Å². The fraction of sp³-hybridized carbons (Fsp3) is 0.125. The largest absolute Gasteiger partial charge is 0.325 e. The van der Waals surface area contributed by atoms with Crippen LogP contribution in [-0.4, -0.2) is 12.5 Å². The second-order valence-electron chi connectivity index (χ2n) is 2.26. The predicted octanol–water partition coefficient (Wildman–Crippen LogP) is 1.14. The molecule has 0 aliphatic rings. The van der Waals surface area contributed by atoms with Crippen LogP contribution in [0.25, 0.3) is 0 Å². The van der Waals surface area contributed by atoms with Crippen molar-refractivity contribution in [3.63, 3.8) is 0 Å². The predicted molar refractivity (Wildman–Crippen MR) is 51.3 cm³/mol. The number of anilines is 1. The van der Waals surface area contributed by atoms with Gasteiger partial charge < -0.3 is 11.1 Å². The smallest absolute Gasteiger partial charge is 0.238 e. The topological polar surface area (TPSA) is 55.1 Å². The number of hydrogen-bond donors (Lipinski definition) is 2. The summed E-state index contributed by atoms with van der Waals surface area (Å²) >= 11 is 0. The van der Waals surface area contributed by atoms with Gasteiger partial charge in [-0.1, -0.05) is 0 Å². The van der Waals surface area contributed by atoms with Crippen LogP contribution in [0.4, 0.5) is 10.1 Å². The second-order valence-corrected chi connectivity index (χ2v) is 2.26. The number of nitrogens with one attached hydrogen (secondary N) is 1. The fourth-order valence-corrected chi connectivity index (χ4v) is 0.745. The summed E-state index contributed by atoms with van der Waals surface area (Å²) < 4.78 is 12.4. The van der Waals surface area contributed by atoms with Gasteiger partial charge in [0, 0.05) is 5.69 Å². The molecule has 72 valence electrons. The lowest BCUT2D eigenvalue weighted by molar-refractivity contribution is -0.114. The molecular weight excluding hydrogens is 195 g/mol. The van der Waals surface area contributed by atoms with E-state index in [2.05, 4.69) is 5.32 Å². The molecule has 3 nitrogen and oxygen atoms in total. The molecule has 0 aliphatic carbocycles. The molecule has 0 heterocycles. The molecule has 0 spiro atoms. The highest BCUT2D eigenvalue weighted by molar-refractivity contribution is 5.91. The monoisotopic (exact) mass is 204 g/mol. The van der Waals surface area contributed by atoms with Crippen LogP contribution >= 0.6 is 12.4 Å². The van der Waals surface area contributed by atoms with Gasteiger partial charge in [0.25, 0.3) is 0 Å².